The Morgan fingerprint density at radius 1 is 1.13 bits per heavy atom. The number of rotatable bonds is 8. The summed E-state index contributed by atoms with van der Waals surface area (Å²) in [5.41, 5.74) is 2.61. The van der Waals surface area contributed by atoms with Crippen LogP contribution in [0.2, 0.25) is 0 Å². The Labute approximate surface area is 181 Å². The highest BCUT2D eigenvalue weighted by Crippen LogP contribution is 2.34. The van der Waals surface area contributed by atoms with Gasteiger partial charge in [-0.3, -0.25) is 4.79 Å². The predicted molar refractivity (Wildman–Crippen MR) is 118 cm³/mol. The Hall–Kier alpha value is -3.23. The first-order chi connectivity index (χ1) is 14.5. The van der Waals surface area contributed by atoms with E-state index in [2.05, 4.69) is 6.07 Å². The second-order valence-electron chi connectivity index (χ2n) is 6.89. The number of aromatic hydroxyl groups is 1. The van der Waals surface area contributed by atoms with E-state index in [4.69, 9.17) is 4.74 Å². The van der Waals surface area contributed by atoms with Crippen molar-refractivity contribution in [2.45, 2.75) is 43.1 Å². The van der Waals surface area contributed by atoms with Crippen LogP contribution >= 0.6 is 11.8 Å². The number of benzene rings is 3. The molecule has 0 aliphatic carbocycles. The van der Waals surface area contributed by atoms with E-state index in [-0.39, 0.29) is 11.5 Å². The SMILES string of the molecule is CCCc1c(OCc2cccc(Sc3ccccc3C#N)c2)ccc(C(C)=O)c1O. The van der Waals surface area contributed by atoms with Crippen LogP contribution in [0.1, 0.15) is 47.3 Å². The smallest absolute Gasteiger partial charge is 0.163 e. The number of hydrogen-bond donors (Lipinski definition) is 1. The number of nitrogens with zero attached hydrogens (tertiary/aromatic N) is 1. The zero-order valence-electron chi connectivity index (χ0n) is 17.0. The maximum Gasteiger partial charge on any atom is 0.163 e. The number of phenols is 1. The third-order valence-electron chi connectivity index (χ3n) is 4.65. The van der Waals surface area contributed by atoms with Crippen LogP contribution in [0, 0.1) is 11.3 Å². The molecule has 0 aromatic heterocycles. The van der Waals surface area contributed by atoms with E-state index in [1.807, 2.05) is 55.5 Å². The van der Waals surface area contributed by atoms with Gasteiger partial charge in [-0.15, -0.1) is 0 Å². The van der Waals surface area contributed by atoms with Crippen LogP contribution in [-0.2, 0) is 13.0 Å². The maximum absolute atomic E-state index is 11.7. The number of ketones is 1. The van der Waals surface area contributed by atoms with Gasteiger partial charge in [0.2, 0.25) is 0 Å². The molecule has 0 aliphatic rings. The molecule has 0 spiro atoms. The lowest BCUT2D eigenvalue weighted by Gasteiger charge is -2.15. The fourth-order valence-corrected chi connectivity index (χ4v) is 4.14. The molecule has 30 heavy (non-hydrogen) atoms. The zero-order chi connectivity index (χ0) is 21.5. The van der Waals surface area contributed by atoms with Gasteiger partial charge in [0.05, 0.1) is 11.1 Å². The van der Waals surface area contributed by atoms with Crippen LogP contribution < -0.4 is 4.74 Å². The van der Waals surface area contributed by atoms with E-state index in [0.29, 0.717) is 35.5 Å². The summed E-state index contributed by atoms with van der Waals surface area (Å²) in [5, 5.41) is 19.8. The molecule has 3 rings (SSSR count). The zero-order valence-corrected chi connectivity index (χ0v) is 17.8. The average molecular weight is 418 g/mol. The van der Waals surface area contributed by atoms with Gasteiger partial charge in [-0.2, -0.15) is 5.26 Å². The first kappa shape index (κ1) is 21.5. The van der Waals surface area contributed by atoms with E-state index in [1.54, 1.807) is 12.1 Å². The highest BCUT2D eigenvalue weighted by atomic mass is 32.2. The van der Waals surface area contributed by atoms with Gasteiger partial charge in [0.25, 0.3) is 0 Å². The van der Waals surface area contributed by atoms with Gasteiger partial charge in [-0.25, -0.2) is 0 Å². The molecule has 0 aliphatic heterocycles. The topological polar surface area (TPSA) is 70.3 Å². The van der Waals surface area contributed by atoms with Crippen molar-refractivity contribution < 1.29 is 14.6 Å². The van der Waals surface area contributed by atoms with Gasteiger partial charge in [0.15, 0.2) is 5.78 Å². The minimum absolute atomic E-state index is 0.0132. The minimum Gasteiger partial charge on any atom is -0.507 e. The predicted octanol–water partition coefficient (Wildman–Crippen LogP) is 6.15. The second-order valence-corrected chi connectivity index (χ2v) is 8.01. The van der Waals surface area contributed by atoms with Gasteiger partial charge in [0.1, 0.15) is 24.2 Å². The van der Waals surface area contributed by atoms with Crippen molar-refractivity contribution in [1.82, 2.24) is 0 Å². The highest BCUT2D eigenvalue weighted by molar-refractivity contribution is 7.99. The maximum atomic E-state index is 11.7. The lowest BCUT2D eigenvalue weighted by atomic mass is 10.0. The van der Waals surface area contributed by atoms with Gasteiger partial charge < -0.3 is 9.84 Å². The van der Waals surface area contributed by atoms with E-state index in [9.17, 15) is 15.2 Å². The van der Waals surface area contributed by atoms with Gasteiger partial charge in [-0.1, -0.05) is 49.4 Å². The number of ether oxygens (including phenoxy) is 1. The third-order valence-corrected chi connectivity index (χ3v) is 5.71. The fraction of sp³-hybridized carbons (Fsp3) is 0.200. The second kappa shape index (κ2) is 10.00. The third kappa shape index (κ3) is 5.03. The molecule has 0 atom stereocenters. The largest absolute Gasteiger partial charge is 0.507 e. The van der Waals surface area contributed by atoms with Crippen LogP contribution in [0.5, 0.6) is 11.5 Å². The molecule has 4 nitrogen and oxygen atoms in total. The Morgan fingerprint density at radius 3 is 2.67 bits per heavy atom. The molecule has 5 heteroatoms. The highest BCUT2D eigenvalue weighted by Gasteiger charge is 2.16. The van der Waals surface area contributed by atoms with Crippen molar-refractivity contribution in [3.05, 3.63) is 82.9 Å². The first-order valence-electron chi connectivity index (χ1n) is 9.78. The molecule has 3 aromatic carbocycles. The average Bonchev–Trinajstić information content (AvgIpc) is 2.74. The lowest BCUT2D eigenvalue weighted by Crippen LogP contribution is -2.02. The monoisotopic (exact) mass is 417 g/mol. The number of hydrogen-bond acceptors (Lipinski definition) is 5. The summed E-state index contributed by atoms with van der Waals surface area (Å²) in [6.07, 6.45) is 1.46. The van der Waals surface area contributed by atoms with Gasteiger partial charge in [0, 0.05) is 15.4 Å². The Balaban J connectivity index is 1.78. The molecular formula is C25H23NO3S. The van der Waals surface area contributed by atoms with E-state index >= 15 is 0 Å². The summed E-state index contributed by atoms with van der Waals surface area (Å²) < 4.78 is 6.01. The molecule has 0 fully saturated rings. The van der Waals surface area contributed by atoms with Crippen molar-refractivity contribution >= 4 is 17.5 Å². The Bertz CT molecular complexity index is 1100. The summed E-state index contributed by atoms with van der Waals surface area (Å²) in [7, 11) is 0. The van der Waals surface area contributed by atoms with Crippen molar-refractivity contribution in [3.63, 3.8) is 0 Å². The van der Waals surface area contributed by atoms with E-state index < -0.39 is 0 Å². The molecule has 1 N–H and O–H groups in total. The van der Waals surface area contributed by atoms with Crippen LogP contribution in [0.4, 0.5) is 0 Å². The molecule has 0 saturated carbocycles. The number of carbonyl (C=O) groups is 1. The Kier molecular flexibility index (Phi) is 7.16. The van der Waals surface area contributed by atoms with Crippen molar-refractivity contribution in [2.24, 2.45) is 0 Å². The molecular weight excluding hydrogens is 394 g/mol. The minimum atomic E-state index is -0.168. The van der Waals surface area contributed by atoms with Gasteiger partial charge in [-0.05, 0) is 55.3 Å². The molecule has 0 bridgehead atoms. The summed E-state index contributed by atoms with van der Waals surface area (Å²) in [4.78, 5) is 13.6. The number of carbonyl (C=O) groups excluding carboxylic acids is 1. The van der Waals surface area contributed by atoms with Gasteiger partial charge >= 0.3 is 0 Å². The van der Waals surface area contributed by atoms with Crippen molar-refractivity contribution in [1.29, 1.82) is 5.26 Å². The van der Waals surface area contributed by atoms with E-state index in [1.165, 1.54) is 18.7 Å². The van der Waals surface area contributed by atoms with Crippen molar-refractivity contribution in [3.8, 4) is 17.6 Å². The first-order valence-corrected chi connectivity index (χ1v) is 10.6. The molecule has 0 radical (unpaired) electrons. The molecule has 0 unspecified atom stereocenters. The van der Waals surface area contributed by atoms with Crippen LogP contribution in [0.25, 0.3) is 0 Å². The Morgan fingerprint density at radius 2 is 1.93 bits per heavy atom. The standard InChI is InChI=1S/C25H23NO3S/c1-3-7-22-23(13-12-21(17(2)27)25(22)28)29-16-18-8-6-10-20(14-18)30-24-11-5-4-9-19(24)15-26/h4-6,8-14,28H,3,7,16H2,1-2H3. The summed E-state index contributed by atoms with van der Waals surface area (Å²) in [6.45, 7) is 3.80. The van der Waals surface area contributed by atoms with Crippen molar-refractivity contribution in [2.75, 3.05) is 0 Å². The number of nitriles is 1. The van der Waals surface area contributed by atoms with Crippen LogP contribution in [0.3, 0.4) is 0 Å². The van der Waals surface area contributed by atoms with E-state index in [0.717, 1.165) is 21.8 Å². The lowest BCUT2D eigenvalue weighted by molar-refractivity contribution is 0.101. The summed E-state index contributed by atoms with van der Waals surface area (Å²) >= 11 is 1.54. The summed E-state index contributed by atoms with van der Waals surface area (Å²) in [6, 6.07) is 21.1. The quantitative estimate of drug-likeness (QED) is 0.445. The van der Waals surface area contributed by atoms with Crippen LogP contribution in [-0.4, -0.2) is 10.9 Å². The molecule has 0 saturated heterocycles. The normalized spacial score (nSPS) is 10.4. The molecule has 152 valence electrons. The number of Topliss-reactive ketones (excluding diaryl/α,β-unsaturated/α-hetero) is 1. The molecule has 3 aromatic rings. The number of phenolic OH excluding ortho intramolecular Hbond substituents is 1. The van der Waals surface area contributed by atoms with Crippen LogP contribution in [0.15, 0.2) is 70.5 Å². The molecule has 0 heterocycles. The molecule has 0 amide bonds. The fourth-order valence-electron chi connectivity index (χ4n) is 3.16. The summed E-state index contributed by atoms with van der Waals surface area (Å²) in [5.74, 6) is 0.435.